The van der Waals surface area contributed by atoms with Crippen molar-refractivity contribution in [3.8, 4) is 5.69 Å². The number of halogens is 3. The molecule has 0 aliphatic heterocycles. The molecular weight excluding hydrogens is 411 g/mol. The number of carboxylic acids is 1. The average molecular weight is 425 g/mol. The summed E-state index contributed by atoms with van der Waals surface area (Å²) in [6.07, 6.45) is -2.78. The minimum absolute atomic E-state index is 0.000485. The molecule has 2 N–H and O–H groups in total. The predicted molar refractivity (Wildman–Crippen MR) is 96.8 cm³/mol. The molecule has 3 aromatic rings. The highest BCUT2D eigenvalue weighted by atomic mass is 19.4. The van der Waals surface area contributed by atoms with E-state index in [1.54, 1.807) is 0 Å². The number of H-pyrrole nitrogens is 1. The molecule has 158 valence electrons. The fourth-order valence-electron chi connectivity index (χ4n) is 2.91. The van der Waals surface area contributed by atoms with Gasteiger partial charge in [0.15, 0.2) is 0 Å². The Bertz CT molecular complexity index is 1270. The van der Waals surface area contributed by atoms with E-state index in [4.69, 9.17) is 9.84 Å². The Morgan fingerprint density at radius 3 is 2.50 bits per heavy atom. The standard InChI is InChI=1S/C18H14F3N3O6/c1-2-30-14(25)8-24-13-6-12(23-4-3-9(7-23)17(28)29)10(18(19,20)21)5-11(13)22-15(26)16(24)27/h3-7H,2,8H2,1H3,(H,22,26)(H,28,29). The molecular formula is C18H14F3N3O6. The summed E-state index contributed by atoms with van der Waals surface area (Å²) in [5, 5.41) is 9.03. The van der Waals surface area contributed by atoms with Crippen LogP contribution in [0.1, 0.15) is 22.8 Å². The van der Waals surface area contributed by atoms with E-state index in [0.717, 1.165) is 29.1 Å². The monoisotopic (exact) mass is 425 g/mol. The Hall–Kier alpha value is -3.83. The van der Waals surface area contributed by atoms with Crippen LogP contribution in [-0.4, -0.2) is 37.8 Å². The van der Waals surface area contributed by atoms with Gasteiger partial charge >= 0.3 is 29.2 Å². The zero-order chi connectivity index (χ0) is 22.2. The summed E-state index contributed by atoms with van der Waals surface area (Å²) in [4.78, 5) is 49.1. The second-order valence-electron chi connectivity index (χ2n) is 6.15. The highest BCUT2D eigenvalue weighted by molar-refractivity contribution is 5.87. The van der Waals surface area contributed by atoms with Gasteiger partial charge in [0, 0.05) is 12.4 Å². The molecule has 0 atom stereocenters. The molecule has 0 amide bonds. The number of nitrogens with one attached hydrogen (secondary N) is 1. The summed E-state index contributed by atoms with van der Waals surface area (Å²) in [5.74, 6) is -2.20. The largest absolute Gasteiger partial charge is 0.478 e. The molecule has 1 aromatic carbocycles. The van der Waals surface area contributed by atoms with Crippen molar-refractivity contribution in [1.29, 1.82) is 0 Å². The van der Waals surface area contributed by atoms with Crippen LogP contribution in [-0.2, 0) is 22.3 Å². The minimum atomic E-state index is -4.86. The van der Waals surface area contributed by atoms with Gasteiger partial charge < -0.3 is 19.4 Å². The zero-order valence-corrected chi connectivity index (χ0v) is 15.3. The Labute approximate surface area is 164 Å². The first-order chi connectivity index (χ1) is 14.0. The van der Waals surface area contributed by atoms with Crippen molar-refractivity contribution in [3.63, 3.8) is 0 Å². The number of carboxylic acid groups (broad SMARTS) is 1. The fourth-order valence-corrected chi connectivity index (χ4v) is 2.91. The Kier molecular flexibility index (Phi) is 5.25. The number of nitrogens with zero attached hydrogens (tertiary/aromatic N) is 2. The molecule has 2 aromatic heterocycles. The molecule has 0 saturated heterocycles. The summed E-state index contributed by atoms with van der Waals surface area (Å²) >= 11 is 0. The van der Waals surface area contributed by atoms with E-state index >= 15 is 0 Å². The number of aromatic carboxylic acids is 1. The van der Waals surface area contributed by atoms with Gasteiger partial charge in [-0.15, -0.1) is 0 Å². The highest BCUT2D eigenvalue weighted by Gasteiger charge is 2.35. The Morgan fingerprint density at radius 1 is 1.23 bits per heavy atom. The quantitative estimate of drug-likeness (QED) is 0.474. The number of hydrogen-bond acceptors (Lipinski definition) is 5. The Balaban J connectivity index is 2.35. The van der Waals surface area contributed by atoms with Crippen LogP contribution in [0.2, 0.25) is 0 Å². The van der Waals surface area contributed by atoms with Gasteiger partial charge in [-0.2, -0.15) is 13.2 Å². The number of esters is 1. The first-order valence-corrected chi connectivity index (χ1v) is 8.48. The van der Waals surface area contributed by atoms with E-state index in [0.29, 0.717) is 10.6 Å². The fraction of sp³-hybridized carbons (Fsp3) is 0.222. The minimum Gasteiger partial charge on any atom is -0.478 e. The van der Waals surface area contributed by atoms with E-state index in [-0.39, 0.29) is 23.2 Å². The van der Waals surface area contributed by atoms with Crippen LogP contribution in [0.4, 0.5) is 13.2 Å². The summed E-state index contributed by atoms with van der Waals surface area (Å²) in [6, 6.07) is 2.67. The smallest absolute Gasteiger partial charge is 0.418 e. The number of rotatable bonds is 5. The number of hydrogen-bond donors (Lipinski definition) is 2. The third-order valence-electron chi connectivity index (χ3n) is 4.21. The molecule has 3 rings (SSSR count). The summed E-state index contributed by atoms with van der Waals surface area (Å²) < 4.78 is 47.3. The van der Waals surface area contributed by atoms with Crippen LogP contribution in [0.25, 0.3) is 16.7 Å². The number of alkyl halides is 3. The van der Waals surface area contributed by atoms with E-state index in [1.165, 1.54) is 6.92 Å². The number of ether oxygens (including phenoxy) is 1. The van der Waals surface area contributed by atoms with Crippen LogP contribution in [0.3, 0.4) is 0 Å². The maximum absolute atomic E-state index is 13.7. The number of fused-ring (bicyclic) bond motifs is 1. The van der Waals surface area contributed by atoms with Crippen molar-refractivity contribution >= 4 is 23.0 Å². The van der Waals surface area contributed by atoms with Gasteiger partial charge in [-0.05, 0) is 25.1 Å². The van der Waals surface area contributed by atoms with Gasteiger partial charge in [0.25, 0.3) is 0 Å². The van der Waals surface area contributed by atoms with E-state index in [9.17, 15) is 32.3 Å². The van der Waals surface area contributed by atoms with Gasteiger partial charge in [0.1, 0.15) is 6.54 Å². The molecule has 0 bridgehead atoms. The van der Waals surface area contributed by atoms with E-state index < -0.39 is 47.0 Å². The lowest BCUT2D eigenvalue weighted by Crippen LogP contribution is -2.38. The van der Waals surface area contributed by atoms with Gasteiger partial charge in [-0.25, -0.2) is 4.79 Å². The van der Waals surface area contributed by atoms with Crippen molar-refractivity contribution in [2.24, 2.45) is 0 Å². The molecule has 2 heterocycles. The van der Waals surface area contributed by atoms with Crippen molar-refractivity contribution in [2.75, 3.05) is 6.61 Å². The molecule has 0 unspecified atom stereocenters. The highest BCUT2D eigenvalue weighted by Crippen LogP contribution is 2.36. The molecule has 9 nitrogen and oxygen atoms in total. The normalized spacial score (nSPS) is 11.6. The third-order valence-corrected chi connectivity index (χ3v) is 4.21. The average Bonchev–Trinajstić information content (AvgIpc) is 3.14. The second kappa shape index (κ2) is 7.54. The summed E-state index contributed by atoms with van der Waals surface area (Å²) in [5.41, 5.74) is -4.78. The van der Waals surface area contributed by atoms with Crippen molar-refractivity contribution in [3.05, 3.63) is 62.4 Å². The van der Waals surface area contributed by atoms with E-state index in [2.05, 4.69) is 4.98 Å². The van der Waals surface area contributed by atoms with Crippen LogP contribution < -0.4 is 11.1 Å². The van der Waals surface area contributed by atoms with Gasteiger partial charge in [0.05, 0.1) is 34.5 Å². The first-order valence-electron chi connectivity index (χ1n) is 8.48. The summed E-state index contributed by atoms with van der Waals surface area (Å²) in [6.45, 7) is 0.833. The summed E-state index contributed by atoms with van der Waals surface area (Å²) in [7, 11) is 0. The lowest BCUT2D eigenvalue weighted by atomic mass is 10.1. The second-order valence-corrected chi connectivity index (χ2v) is 6.15. The number of benzene rings is 1. The zero-order valence-electron chi connectivity index (χ0n) is 15.3. The lowest BCUT2D eigenvalue weighted by Gasteiger charge is -2.17. The van der Waals surface area contributed by atoms with Gasteiger partial charge in [-0.3, -0.25) is 19.0 Å². The maximum atomic E-state index is 13.7. The number of aromatic amines is 1. The first kappa shape index (κ1) is 20.9. The molecule has 0 aliphatic carbocycles. The number of aromatic nitrogens is 3. The van der Waals surface area contributed by atoms with Crippen molar-refractivity contribution < 1.29 is 32.6 Å². The Morgan fingerprint density at radius 2 is 1.93 bits per heavy atom. The molecule has 0 radical (unpaired) electrons. The molecule has 0 aliphatic rings. The van der Waals surface area contributed by atoms with Crippen LogP contribution in [0, 0.1) is 0 Å². The van der Waals surface area contributed by atoms with Gasteiger partial charge in [-0.1, -0.05) is 0 Å². The SMILES string of the molecule is CCOC(=O)Cn1c(=O)c(=O)[nH]c2cc(C(F)(F)F)c(-n3ccc(C(=O)O)c3)cc21. The molecule has 12 heteroatoms. The predicted octanol–water partition coefficient (Wildman–Crippen LogP) is 1.76. The molecule has 0 saturated carbocycles. The van der Waals surface area contributed by atoms with Gasteiger partial charge in [0.2, 0.25) is 0 Å². The van der Waals surface area contributed by atoms with Crippen LogP contribution in [0.5, 0.6) is 0 Å². The number of carbonyl (C=O) groups excluding carboxylic acids is 1. The van der Waals surface area contributed by atoms with Crippen molar-refractivity contribution in [1.82, 2.24) is 14.1 Å². The van der Waals surface area contributed by atoms with Crippen LogP contribution >= 0.6 is 0 Å². The number of carbonyl (C=O) groups is 2. The lowest BCUT2D eigenvalue weighted by molar-refractivity contribution is -0.143. The maximum Gasteiger partial charge on any atom is 0.418 e. The van der Waals surface area contributed by atoms with Crippen molar-refractivity contribution in [2.45, 2.75) is 19.6 Å². The van der Waals surface area contributed by atoms with E-state index in [1.807, 2.05) is 0 Å². The topological polar surface area (TPSA) is 123 Å². The third kappa shape index (κ3) is 3.83. The molecule has 0 fully saturated rings. The molecule has 0 spiro atoms. The van der Waals surface area contributed by atoms with Crippen LogP contribution in [0.15, 0.2) is 40.2 Å². The molecule has 30 heavy (non-hydrogen) atoms.